The van der Waals surface area contributed by atoms with Crippen molar-refractivity contribution in [1.82, 2.24) is 0 Å². The highest BCUT2D eigenvalue weighted by Crippen LogP contribution is 2.63. The van der Waals surface area contributed by atoms with Gasteiger partial charge in [-0.05, 0) is 55.8 Å². The quantitative estimate of drug-likeness (QED) is 0.611. The van der Waals surface area contributed by atoms with E-state index >= 15 is 0 Å². The van der Waals surface area contributed by atoms with Gasteiger partial charge in [0, 0.05) is 7.34 Å². The number of fused-ring (bicyclic) bond motifs is 1. The molecule has 2 aliphatic carbocycles. The molecule has 0 aromatic rings. The highest BCUT2D eigenvalue weighted by Gasteiger charge is 2.58. The lowest BCUT2D eigenvalue weighted by Gasteiger charge is -2.61. The van der Waals surface area contributed by atoms with Crippen LogP contribution in [-0.4, -0.2) is 12.1 Å². The van der Waals surface area contributed by atoms with Gasteiger partial charge in [0.2, 0.25) is 0 Å². The predicted octanol–water partition coefficient (Wildman–Crippen LogP) is 5.84. The number of rotatable bonds is 3. The van der Waals surface area contributed by atoms with Gasteiger partial charge in [-0.1, -0.05) is 48.0 Å². The topological polar surface area (TPSA) is 26.3 Å². The molecule has 0 saturated heterocycles. The Balaban J connectivity index is 0.00000141. The molecular formula is C19H38O2. The van der Waals surface area contributed by atoms with Gasteiger partial charge < -0.3 is 4.74 Å². The standard InChI is InChI=1S/C17H30O2.C2H6.H2/c1-6-13-16(4)10-7-9-15(2,3)14(16)8-11-17(13,5)19-12-18;1-2;/h12-14H,6-11H2,1-5H3;1-2H3;1H/t13-,14?,16-,17-;;/m1../s1. The number of carbonyl (C=O) groups excluding carboxylic acids is 1. The molecule has 0 aliphatic heterocycles. The van der Waals surface area contributed by atoms with Crippen LogP contribution in [0.15, 0.2) is 0 Å². The number of hydrogen-bond donors (Lipinski definition) is 0. The fraction of sp³-hybridized carbons (Fsp3) is 0.947. The summed E-state index contributed by atoms with van der Waals surface area (Å²) in [6.45, 7) is 16.4. The third kappa shape index (κ3) is 3.14. The molecule has 0 spiro atoms. The molecule has 2 saturated carbocycles. The Kier molecular flexibility index (Phi) is 5.91. The van der Waals surface area contributed by atoms with Crippen LogP contribution < -0.4 is 0 Å². The fourth-order valence-corrected chi connectivity index (χ4v) is 5.76. The third-order valence-electron chi connectivity index (χ3n) is 6.46. The van der Waals surface area contributed by atoms with Crippen LogP contribution in [0.3, 0.4) is 0 Å². The van der Waals surface area contributed by atoms with Gasteiger partial charge in [0.25, 0.3) is 6.47 Å². The summed E-state index contributed by atoms with van der Waals surface area (Å²) >= 11 is 0. The lowest BCUT2D eigenvalue weighted by atomic mass is 9.45. The molecule has 0 bridgehead atoms. The Morgan fingerprint density at radius 1 is 1.14 bits per heavy atom. The molecule has 2 aliphatic rings. The summed E-state index contributed by atoms with van der Waals surface area (Å²) in [6.07, 6.45) is 7.27. The molecule has 2 heteroatoms. The summed E-state index contributed by atoms with van der Waals surface area (Å²) < 4.78 is 5.58. The van der Waals surface area contributed by atoms with Gasteiger partial charge in [-0.15, -0.1) is 0 Å². The van der Waals surface area contributed by atoms with Gasteiger partial charge in [-0.2, -0.15) is 0 Å². The van der Waals surface area contributed by atoms with Crippen LogP contribution in [0.2, 0.25) is 0 Å². The molecule has 1 unspecified atom stereocenters. The van der Waals surface area contributed by atoms with Crippen molar-refractivity contribution in [2.45, 2.75) is 92.6 Å². The minimum absolute atomic E-state index is 0. The molecule has 0 aromatic carbocycles. The van der Waals surface area contributed by atoms with E-state index < -0.39 is 0 Å². The number of carbonyl (C=O) groups is 1. The van der Waals surface area contributed by atoms with Crippen LogP contribution in [0.4, 0.5) is 0 Å². The average Bonchev–Trinajstić information content (AvgIpc) is 2.40. The molecule has 2 nitrogen and oxygen atoms in total. The second kappa shape index (κ2) is 6.71. The highest BCUT2D eigenvalue weighted by molar-refractivity contribution is 5.38. The Morgan fingerprint density at radius 3 is 2.29 bits per heavy atom. The van der Waals surface area contributed by atoms with Gasteiger partial charge in [-0.25, -0.2) is 0 Å². The second-order valence-corrected chi connectivity index (χ2v) is 7.93. The molecule has 0 N–H and O–H groups in total. The summed E-state index contributed by atoms with van der Waals surface area (Å²) in [5, 5.41) is 0. The lowest BCUT2D eigenvalue weighted by molar-refractivity contribution is -0.189. The van der Waals surface area contributed by atoms with E-state index in [0.29, 0.717) is 23.2 Å². The second-order valence-electron chi connectivity index (χ2n) is 7.93. The fourth-order valence-electron chi connectivity index (χ4n) is 5.76. The molecule has 2 rings (SSSR count). The number of hydrogen-bond acceptors (Lipinski definition) is 2. The van der Waals surface area contributed by atoms with E-state index in [1.165, 1.54) is 25.7 Å². The first-order valence-corrected chi connectivity index (χ1v) is 8.91. The van der Waals surface area contributed by atoms with E-state index in [1.807, 2.05) is 13.8 Å². The largest absolute Gasteiger partial charge is 0.461 e. The molecule has 2 fully saturated rings. The van der Waals surface area contributed by atoms with E-state index in [2.05, 4.69) is 34.6 Å². The van der Waals surface area contributed by atoms with Crippen molar-refractivity contribution in [3.63, 3.8) is 0 Å². The maximum Gasteiger partial charge on any atom is 0.293 e. The third-order valence-corrected chi connectivity index (χ3v) is 6.46. The van der Waals surface area contributed by atoms with Gasteiger partial charge in [0.15, 0.2) is 0 Å². The minimum atomic E-state index is -0.255. The molecule has 0 amide bonds. The van der Waals surface area contributed by atoms with Gasteiger partial charge in [0.05, 0.1) is 0 Å². The minimum Gasteiger partial charge on any atom is -0.461 e. The van der Waals surface area contributed by atoms with Crippen molar-refractivity contribution in [2.75, 3.05) is 0 Å². The van der Waals surface area contributed by atoms with Crippen LogP contribution in [0.1, 0.15) is 88.4 Å². The van der Waals surface area contributed by atoms with Gasteiger partial charge in [-0.3, -0.25) is 4.79 Å². The lowest BCUT2D eigenvalue weighted by Crippen LogP contribution is -2.58. The van der Waals surface area contributed by atoms with E-state index in [1.54, 1.807) is 0 Å². The molecular weight excluding hydrogens is 260 g/mol. The summed E-state index contributed by atoms with van der Waals surface area (Å²) in [4.78, 5) is 10.9. The van der Waals surface area contributed by atoms with Gasteiger partial charge in [0.1, 0.15) is 5.60 Å². The van der Waals surface area contributed by atoms with Crippen molar-refractivity contribution >= 4 is 6.47 Å². The molecule has 126 valence electrons. The van der Waals surface area contributed by atoms with Crippen LogP contribution >= 0.6 is 0 Å². The molecule has 0 radical (unpaired) electrons. The van der Waals surface area contributed by atoms with Crippen LogP contribution in [0, 0.1) is 22.7 Å². The van der Waals surface area contributed by atoms with Crippen molar-refractivity contribution in [1.29, 1.82) is 0 Å². The van der Waals surface area contributed by atoms with Gasteiger partial charge >= 0.3 is 0 Å². The highest BCUT2D eigenvalue weighted by atomic mass is 16.5. The summed E-state index contributed by atoms with van der Waals surface area (Å²) in [6, 6.07) is 0. The molecule has 21 heavy (non-hydrogen) atoms. The van der Waals surface area contributed by atoms with Crippen LogP contribution in [0.25, 0.3) is 0 Å². The van der Waals surface area contributed by atoms with Crippen molar-refractivity contribution < 1.29 is 11.0 Å². The summed E-state index contributed by atoms with van der Waals surface area (Å²) in [5.41, 5.74) is 0.505. The SMILES string of the molecule is CC.CC[C@H]1[C@](C)(OC=O)CCC2C(C)(C)CCC[C@@]21C.[HH]. The van der Waals surface area contributed by atoms with Crippen molar-refractivity contribution in [3.8, 4) is 0 Å². The maximum atomic E-state index is 10.9. The zero-order chi connectivity index (χ0) is 16.3. The first-order valence-electron chi connectivity index (χ1n) is 8.91. The van der Waals surface area contributed by atoms with E-state index in [0.717, 1.165) is 18.8 Å². The predicted molar refractivity (Wildman–Crippen MR) is 91.3 cm³/mol. The number of ether oxygens (including phenoxy) is 1. The van der Waals surface area contributed by atoms with E-state index in [4.69, 9.17) is 4.74 Å². The van der Waals surface area contributed by atoms with E-state index in [-0.39, 0.29) is 7.03 Å². The van der Waals surface area contributed by atoms with E-state index in [9.17, 15) is 4.79 Å². The Morgan fingerprint density at radius 2 is 1.76 bits per heavy atom. The van der Waals surface area contributed by atoms with Crippen molar-refractivity contribution in [3.05, 3.63) is 0 Å². The normalized spacial score (nSPS) is 41.3. The average molecular weight is 299 g/mol. The monoisotopic (exact) mass is 298 g/mol. The molecule has 0 heterocycles. The zero-order valence-corrected chi connectivity index (χ0v) is 15.3. The zero-order valence-electron chi connectivity index (χ0n) is 15.3. The summed E-state index contributed by atoms with van der Waals surface area (Å²) in [5.74, 6) is 1.26. The Hall–Kier alpha value is -0.530. The van der Waals surface area contributed by atoms with Crippen molar-refractivity contribution in [2.24, 2.45) is 22.7 Å². The smallest absolute Gasteiger partial charge is 0.293 e. The first-order chi connectivity index (χ1) is 9.80. The molecule has 4 atom stereocenters. The molecule has 0 aromatic heterocycles. The first kappa shape index (κ1) is 18.5. The van der Waals surface area contributed by atoms with Crippen LogP contribution in [-0.2, 0) is 9.53 Å². The maximum absolute atomic E-state index is 10.9. The van der Waals surface area contributed by atoms with Crippen LogP contribution in [0.5, 0.6) is 0 Å². The summed E-state index contributed by atoms with van der Waals surface area (Å²) in [7, 11) is 0. The Labute approximate surface area is 133 Å². The Bertz CT molecular complexity index is 355.